The molecular weight excluding hydrogens is 394 g/mol. The molecule has 1 aromatic carbocycles. The molecule has 1 fully saturated rings. The molecule has 2 rings (SSSR count). The van der Waals surface area contributed by atoms with E-state index in [-0.39, 0.29) is 24.4 Å². The molecule has 1 aliphatic rings. The Labute approximate surface area is 155 Å². The summed E-state index contributed by atoms with van der Waals surface area (Å²) in [5.41, 5.74) is 2.21. The van der Waals surface area contributed by atoms with E-state index in [4.69, 9.17) is 9.47 Å². The largest absolute Gasteiger partial charge is 0.455 e. The summed E-state index contributed by atoms with van der Waals surface area (Å²) in [5, 5.41) is 2.72. The average molecular weight is 416 g/mol. The second kappa shape index (κ2) is 9.44. The van der Waals surface area contributed by atoms with Crippen LogP contribution in [0.1, 0.15) is 24.0 Å². The zero-order chi connectivity index (χ0) is 17.5. The number of carbonyl (C=O) groups is 2. The van der Waals surface area contributed by atoms with Crippen LogP contribution in [0.3, 0.4) is 0 Å². The SMILES string of the molecule is Cc1cc(SCC(=O)OCC(=O)NC[C@@H]2CCCO2)c(C)cc1Br. The number of halogens is 1. The molecule has 5 nitrogen and oxygen atoms in total. The molecule has 1 amide bonds. The van der Waals surface area contributed by atoms with Crippen molar-refractivity contribution < 1.29 is 19.1 Å². The van der Waals surface area contributed by atoms with Crippen molar-refractivity contribution in [2.24, 2.45) is 0 Å². The quantitative estimate of drug-likeness (QED) is 0.547. The number of rotatable bonds is 7. The van der Waals surface area contributed by atoms with Crippen molar-refractivity contribution in [3.8, 4) is 0 Å². The zero-order valence-corrected chi connectivity index (χ0v) is 16.3. The minimum atomic E-state index is -0.396. The van der Waals surface area contributed by atoms with E-state index in [1.165, 1.54) is 11.8 Å². The molecule has 132 valence electrons. The minimum absolute atomic E-state index is 0.0869. The molecule has 0 bridgehead atoms. The highest BCUT2D eigenvalue weighted by atomic mass is 79.9. The Kier molecular flexibility index (Phi) is 7.58. The number of carbonyl (C=O) groups excluding carboxylic acids is 2. The summed E-state index contributed by atoms with van der Waals surface area (Å²) in [6, 6.07) is 4.06. The summed E-state index contributed by atoms with van der Waals surface area (Å²) in [5.74, 6) is -0.507. The minimum Gasteiger partial charge on any atom is -0.455 e. The van der Waals surface area contributed by atoms with Gasteiger partial charge in [-0.2, -0.15) is 0 Å². The Morgan fingerprint density at radius 3 is 2.88 bits per heavy atom. The van der Waals surface area contributed by atoms with Crippen molar-refractivity contribution in [3.63, 3.8) is 0 Å². The number of hydrogen-bond acceptors (Lipinski definition) is 5. The van der Waals surface area contributed by atoms with Gasteiger partial charge in [-0.3, -0.25) is 9.59 Å². The topological polar surface area (TPSA) is 64.6 Å². The van der Waals surface area contributed by atoms with E-state index in [1.54, 1.807) is 0 Å². The molecule has 1 N–H and O–H groups in total. The Hall–Kier alpha value is -1.05. The van der Waals surface area contributed by atoms with Crippen molar-refractivity contribution >= 4 is 39.6 Å². The Bertz CT molecular complexity index is 602. The standard InChI is InChI=1S/C17H22BrNO4S/c1-11-7-15(12(2)6-14(11)18)24-10-17(21)23-9-16(20)19-8-13-4-3-5-22-13/h6-7,13H,3-5,8-10H2,1-2H3,(H,19,20)/t13-/m0/s1. The van der Waals surface area contributed by atoms with Gasteiger partial charge in [-0.05, 0) is 49.9 Å². The normalized spacial score (nSPS) is 16.9. The van der Waals surface area contributed by atoms with Gasteiger partial charge in [0.15, 0.2) is 6.61 Å². The van der Waals surface area contributed by atoms with E-state index in [1.807, 2.05) is 26.0 Å². The summed E-state index contributed by atoms with van der Waals surface area (Å²) in [6.45, 7) is 4.98. The molecule has 1 heterocycles. The first-order valence-corrected chi connectivity index (χ1v) is 9.67. The lowest BCUT2D eigenvalue weighted by Crippen LogP contribution is -2.35. The summed E-state index contributed by atoms with van der Waals surface area (Å²) >= 11 is 4.90. The Morgan fingerprint density at radius 2 is 2.17 bits per heavy atom. The molecule has 1 atom stereocenters. The highest BCUT2D eigenvalue weighted by molar-refractivity contribution is 9.10. The predicted molar refractivity (Wildman–Crippen MR) is 97.3 cm³/mol. The lowest BCUT2D eigenvalue weighted by Gasteiger charge is -2.11. The predicted octanol–water partition coefficient (Wildman–Crippen LogP) is 3.00. The van der Waals surface area contributed by atoms with Gasteiger partial charge >= 0.3 is 5.97 Å². The first kappa shape index (κ1) is 19.3. The van der Waals surface area contributed by atoms with Gasteiger partial charge < -0.3 is 14.8 Å². The molecule has 0 aromatic heterocycles. The fraction of sp³-hybridized carbons (Fsp3) is 0.529. The number of ether oxygens (including phenoxy) is 2. The van der Waals surface area contributed by atoms with Crippen LogP contribution in [0.5, 0.6) is 0 Å². The van der Waals surface area contributed by atoms with Gasteiger partial charge in [0, 0.05) is 22.5 Å². The first-order valence-electron chi connectivity index (χ1n) is 7.89. The molecule has 0 radical (unpaired) electrons. The molecule has 0 spiro atoms. The fourth-order valence-electron chi connectivity index (χ4n) is 2.32. The average Bonchev–Trinajstić information content (AvgIpc) is 3.06. The third-order valence-electron chi connectivity index (χ3n) is 3.72. The zero-order valence-electron chi connectivity index (χ0n) is 13.9. The second-order valence-electron chi connectivity index (χ2n) is 5.76. The fourth-order valence-corrected chi connectivity index (χ4v) is 3.68. The van der Waals surface area contributed by atoms with Crippen molar-refractivity contribution in [3.05, 3.63) is 27.7 Å². The first-order chi connectivity index (χ1) is 11.5. The lowest BCUT2D eigenvalue weighted by atomic mass is 10.2. The molecule has 0 aliphatic carbocycles. The molecule has 1 aromatic rings. The van der Waals surface area contributed by atoms with Crippen molar-refractivity contribution in [2.75, 3.05) is 25.5 Å². The van der Waals surface area contributed by atoms with Crippen LogP contribution in [0.15, 0.2) is 21.5 Å². The van der Waals surface area contributed by atoms with Crippen LogP contribution in [0, 0.1) is 13.8 Å². The molecule has 24 heavy (non-hydrogen) atoms. The van der Waals surface area contributed by atoms with Crippen molar-refractivity contribution in [2.45, 2.75) is 37.7 Å². The van der Waals surface area contributed by atoms with Gasteiger partial charge in [-0.15, -0.1) is 11.8 Å². The van der Waals surface area contributed by atoms with Gasteiger partial charge in [-0.1, -0.05) is 15.9 Å². The van der Waals surface area contributed by atoms with Gasteiger partial charge in [0.2, 0.25) is 0 Å². The number of aryl methyl sites for hydroxylation is 2. The van der Waals surface area contributed by atoms with Crippen LogP contribution in [-0.4, -0.2) is 43.5 Å². The molecule has 1 aliphatic heterocycles. The summed E-state index contributed by atoms with van der Waals surface area (Å²) in [4.78, 5) is 24.5. The van der Waals surface area contributed by atoms with Crippen LogP contribution >= 0.6 is 27.7 Å². The number of nitrogens with one attached hydrogen (secondary N) is 1. The monoisotopic (exact) mass is 415 g/mol. The van der Waals surface area contributed by atoms with Gasteiger partial charge in [-0.25, -0.2) is 0 Å². The Morgan fingerprint density at radius 1 is 1.38 bits per heavy atom. The van der Waals surface area contributed by atoms with Crippen LogP contribution in [0.2, 0.25) is 0 Å². The van der Waals surface area contributed by atoms with E-state index < -0.39 is 5.97 Å². The molecule has 0 unspecified atom stereocenters. The van der Waals surface area contributed by atoms with E-state index in [9.17, 15) is 9.59 Å². The maximum Gasteiger partial charge on any atom is 0.316 e. The third kappa shape index (κ3) is 6.11. The van der Waals surface area contributed by atoms with Crippen LogP contribution < -0.4 is 5.32 Å². The smallest absolute Gasteiger partial charge is 0.316 e. The molecular formula is C17H22BrNO4S. The van der Waals surface area contributed by atoms with E-state index in [0.29, 0.717) is 6.54 Å². The van der Waals surface area contributed by atoms with E-state index in [2.05, 4.69) is 21.2 Å². The van der Waals surface area contributed by atoms with Crippen LogP contribution in [0.25, 0.3) is 0 Å². The molecule has 7 heteroatoms. The summed E-state index contributed by atoms with van der Waals surface area (Å²) in [7, 11) is 0. The van der Waals surface area contributed by atoms with Crippen LogP contribution in [-0.2, 0) is 19.1 Å². The summed E-state index contributed by atoms with van der Waals surface area (Å²) in [6.07, 6.45) is 2.08. The second-order valence-corrected chi connectivity index (χ2v) is 7.63. The maximum absolute atomic E-state index is 11.8. The number of hydrogen-bond donors (Lipinski definition) is 1. The number of thioether (sulfide) groups is 1. The van der Waals surface area contributed by atoms with Crippen molar-refractivity contribution in [1.29, 1.82) is 0 Å². The molecule has 1 saturated heterocycles. The number of amides is 1. The van der Waals surface area contributed by atoms with Crippen LogP contribution in [0.4, 0.5) is 0 Å². The maximum atomic E-state index is 11.8. The molecule has 0 saturated carbocycles. The highest BCUT2D eigenvalue weighted by Crippen LogP contribution is 2.28. The number of esters is 1. The van der Waals surface area contributed by atoms with E-state index >= 15 is 0 Å². The number of benzene rings is 1. The van der Waals surface area contributed by atoms with Gasteiger partial charge in [0.1, 0.15) is 0 Å². The Balaban J connectivity index is 1.67. The third-order valence-corrected chi connectivity index (χ3v) is 5.70. The lowest BCUT2D eigenvalue weighted by molar-refractivity contribution is -0.146. The van der Waals surface area contributed by atoms with E-state index in [0.717, 1.165) is 39.9 Å². The highest BCUT2D eigenvalue weighted by Gasteiger charge is 2.16. The van der Waals surface area contributed by atoms with Crippen molar-refractivity contribution in [1.82, 2.24) is 5.32 Å². The van der Waals surface area contributed by atoms with Gasteiger partial charge in [0.25, 0.3) is 5.91 Å². The van der Waals surface area contributed by atoms with Gasteiger partial charge in [0.05, 0.1) is 11.9 Å². The summed E-state index contributed by atoms with van der Waals surface area (Å²) < 4.78 is 11.5.